The minimum absolute atomic E-state index is 0.114. The van der Waals surface area contributed by atoms with Crippen molar-refractivity contribution in [2.75, 3.05) is 6.61 Å². The highest BCUT2D eigenvalue weighted by Crippen LogP contribution is 2.45. The van der Waals surface area contributed by atoms with Gasteiger partial charge in [-0.25, -0.2) is 14.2 Å². The van der Waals surface area contributed by atoms with E-state index in [-0.39, 0.29) is 24.8 Å². The van der Waals surface area contributed by atoms with Crippen molar-refractivity contribution in [2.45, 2.75) is 52.6 Å². The molecule has 2 aliphatic rings. The van der Waals surface area contributed by atoms with Crippen LogP contribution in [0.4, 0.5) is 4.39 Å². The molecule has 188 valence electrons. The van der Waals surface area contributed by atoms with Crippen molar-refractivity contribution in [2.24, 2.45) is 4.99 Å². The maximum Gasteiger partial charge on any atom is 0.338 e. The van der Waals surface area contributed by atoms with Crippen LogP contribution in [0, 0.1) is 5.82 Å². The first-order valence-corrected chi connectivity index (χ1v) is 12.9. The largest absolute Gasteiger partial charge is 0.463 e. The first-order chi connectivity index (χ1) is 17.3. The molecule has 1 amide bonds. The average molecular weight is 508 g/mol. The number of nitrogens with one attached hydrogen (secondary N) is 1. The number of aliphatic imine (C=N–C) groups is 1. The number of hydrogen-bond donors (Lipinski definition) is 1. The molecule has 4 rings (SSSR count). The van der Waals surface area contributed by atoms with Crippen LogP contribution in [0.3, 0.4) is 0 Å². The smallest absolute Gasteiger partial charge is 0.338 e. The zero-order valence-corrected chi connectivity index (χ0v) is 21.7. The molecule has 0 saturated carbocycles. The Morgan fingerprint density at radius 3 is 2.47 bits per heavy atom. The molecule has 2 aromatic rings. The molecule has 2 aromatic carbocycles. The monoisotopic (exact) mass is 507 g/mol. The van der Waals surface area contributed by atoms with Crippen molar-refractivity contribution in [3.05, 3.63) is 93.4 Å². The molecule has 0 bridgehead atoms. The predicted octanol–water partition coefficient (Wildman–Crippen LogP) is 5.79. The number of thioether (sulfide) groups is 1. The van der Waals surface area contributed by atoms with Crippen molar-refractivity contribution in [1.82, 2.24) is 10.2 Å². The Morgan fingerprint density at radius 1 is 1.14 bits per heavy atom. The predicted molar refractivity (Wildman–Crippen MR) is 140 cm³/mol. The highest BCUT2D eigenvalue weighted by atomic mass is 32.2. The van der Waals surface area contributed by atoms with Gasteiger partial charge in [0.05, 0.1) is 30.3 Å². The number of esters is 1. The second-order valence-electron chi connectivity index (χ2n) is 9.01. The number of ether oxygens (including phenoxy) is 1. The highest BCUT2D eigenvalue weighted by Gasteiger charge is 2.41. The Labute approximate surface area is 215 Å². The fraction of sp³-hybridized carbons (Fsp3) is 0.321. The van der Waals surface area contributed by atoms with E-state index in [1.165, 1.54) is 29.5 Å². The van der Waals surface area contributed by atoms with Gasteiger partial charge < -0.3 is 15.0 Å². The molecule has 1 N–H and O–H groups in total. The Hall–Kier alpha value is -3.39. The molecule has 2 aliphatic heterocycles. The first-order valence-electron chi connectivity index (χ1n) is 12.0. The summed E-state index contributed by atoms with van der Waals surface area (Å²) in [5.41, 5.74) is 4.77. The van der Waals surface area contributed by atoms with Gasteiger partial charge in [-0.15, -0.1) is 0 Å². The van der Waals surface area contributed by atoms with Crippen LogP contribution in [0.15, 0.2) is 75.9 Å². The summed E-state index contributed by atoms with van der Waals surface area (Å²) in [5.74, 6) is -0.520. The van der Waals surface area contributed by atoms with Gasteiger partial charge in [0.1, 0.15) is 5.82 Å². The summed E-state index contributed by atoms with van der Waals surface area (Å²) >= 11 is 1.44. The number of allylic oxidation sites excluding steroid dienone is 1. The Kier molecular flexibility index (Phi) is 7.94. The fourth-order valence-corrected chi connectivity index (χ4v) is 5.21. The number of halogens is 1. The quantitative estimate of drug-likeness (QED) is 0.458. The van der Waals surface area contributed by atoms with E-state index in [4.69, 9.17) is 4.74 Å². The maximum absolute atomic E-state index is 13.2. The van der Waals surface area contributed by atoms with Gasteiger partial charge in [-0.2, -0.15) is 0 Å². The lowest BCUT2D eigenvalue weighted by atomic mass is 9.92. The third kappa shape index (κ3) is 5.54. The summed E-state index contributed by atoms with van der Waals surface area (Å²) < 4.78 is 18.6. The topological polar surface area (TPSA) is 71.0 Å². The van der Waals surface area contributed by atoms with Gasteiger partial charge in [0.15, 0.2) is 5.17 Å². The molecule has 0 radical (unpaired) electrons. The molecule has 0 fully saturated rings. The third-order valence-corrected chi connectivity index (χ3v) is 7.05. The molecular weight excluding hydrogens is 477 g/mol. The fourth-order valence-electron chi connectivity index (χ4n) is 4.25. The number of carbonyl (C=O) groups excluding carboxylic acids is 2. The number of carbonyl (C=O) groups is 2. The minimum atomic E-state index is -0.455. The van der Waals surface area contributed by atoms with Crippen molar-refractivity contribution in [1.29, 1.82) is 0 Å². The summed E-state index contributed by atoms with van der Waals surface area (Å²) in [6, 6.07) is 13.8. The molecule has 1 unspecified atom stereocenters. The van der Waals surface area contributed by atoms with Crippen LogP contribution in [0.25, 0.3) is 0 Å². The summed E-state index contributed by atoms with van der Waals surface area (Å²) in [5, 5.41) is 5.53. The van der Waals surface area contributed by atoms with E-state index in [1.54, 1.807) is 19.1 Å². The standard InChI is InChI=1S/C28H30FN3O3S/c1-5-35-27(34)25-18(4)31-28-32(26(25)21-10-8-20(9-11-21)17(2)3)23(16-36-28)14-24(33)30-15-19-6-12-22(29)13-7-19/h6-13,16-17,26H,5,14-15H2,1-4H3,(H,30,33). The number of amides is 1. The zero-order valence-electron chi connectivity index (χ0n) is 20.9. The van der Waals surface area contributed by atoms with Crippen LogP contribution >= 0.6 is 11.8 Å². The third-order valence-electron chi connectivity index (χ3n) is 6.16. The number of nitrogens with zero attached hydrogens (tertiary/aromatic N) is 2. The van der Waals surface area contributed by atoms with Gasteiger partial charge in [-0.1, -0.05) is 62.0 Å². The Morgan fingerprint density at radius 2 is 1.83 bits per heavy atom. The SMILES string of the molecule is CCOC(=O)C1=C(C)N=C2SC=C(CC(=O)NCc3ccc(F)cc3)N2C1c1ccc(C(C)C)cc1. The number of benzene rings is 2. The van der Waals surface area contributed by atoms with Gasteiger partial charge >= 0.3 is 5.97 Å². The van der Waals surface area contributed by atoms with Gasteiger partial charge in [-0.3, -0.25) is 4.79 Å². The molecule has 36 heavy (non-hydrogen) atoms. The first kappa shape index (κ1) is 25.7. The second-order valence-corrected chi connectivity index (χ2v) is 9.85. The molecular formula is C28H30FN3O3S. The second kappa shape index (κ2) is 11.1. The molecule has 0 aromatic heterocycles. The summed E-state index contributed by atoms with van der Waals surface area (Å²) in [6.07, 6.45) is 0.114. The molecule has 2 heterocycles. The minimum Gasteiger partial charge on any atom is -0.463 e. The van der Waals surface area contributed by atoms with E-state index in [2.05, 4.69) is 36.3 Å². The van der Waals surface area contributed by atoms with Crippen LogP contribution in [0.2, 0.25) is 0 Å². The summed E-state index contributed by atoms with van der Waals surface area (Å²) in [7, 11) is 0. The number of fused-ring (bicyclic) bond motifs is 1. The van der Waals surface area contributed by atoms with E-state index < -0.39 is 12.0 Å². The van der Waals surface area contributed by atoms with Crippen molar-refractivity contribution in [3.63, 3.8) is 0 Å². The van der Waals surface area contributed by atoms with E-state index in [1.807, 2.05) is 29.4 Å². The highest BCUT2D eigenvalue weighted by molar-refractivity contribution is 8.16. The molecule has 1 atom stereocenters. The molecule has 0 aliphatic carbocycles. The zero-order chi connectivity index (χ0) is 25.8. The Balaban J connectivity index is 1.60. The Bertz CT molecular complexity index is 1230. The van der Waals surface area contributed by atoms with Crippen molar-refractivity contribution in [3.8, 4) is 0 Å². The van der Waals surface area contributed by atoms with Gasteiger partial charge in [-0.05, 0) is 54.0 Å². The van der Waals surface area contributed by atoms with Gasteiger partial charge in [0, 0.05) is 12.2 Å². The van der Waals surface area contributed by atoms with E-state index >= 15 is 0 Å². The molecule has 0 spiro atoms. The number of amidine groups is 1. The van der Waals surface area contributed by atoms with Gasteiger partial charge in [0.25, 0.3) is 0 Å². The molecule has 0 saturated heterocycles. The van der Waals surface area contributed by atoms with Crippen LogP contribution < -0.4 is 5.32 Å². The van der Waals surface area contributed by atoms with E-state index in [0.717, 1.165) is 22.0 Å². The van der Waals surface area contributed by atoms with Crippen LogP contribution in [0.5, 0.6) is 0 Å². The maximum atomic E-state index is 13.2. The van der Waals surface area contributed by atoms with Crippen molar-refractivity contribution < 1.29 is 18.7 Å². The van der Waals surface area contributed by atoms with Crippen molar-refractivity contribution >= 4 is 28.8 Å². The van der Waals surface area contributed by atoms with E-state index in [0.29, 0.717) is 23.7 Å². The molecule has 6 nitrogen and oxygen atoms in total. The lowest BCUT2D eigenvalue weighted by Crippen LogP contribution is -2.38. The molecule has 8 heteroatoms. The summed E-state index contributed by atoms with van der Waals surface area (Å²) in [6.45, 7) is 8.43. The average Bonchev–Trinajstić information content (AvgIpc) is 3.24. The number of hydrogen-bond acceptors (Lipinski definition) is 6. The van der Waals surface area contributed by atoms with Crippen LogP contribution in [-0.4, -0.2) is 28.6 Å². The van der Waals surface area contributed by atoms with Crippen LogP contribution in [0.1, 0.15) is 62.8 Å². The van der Waals surface area contributed by atoms with Gasteiger partial charge in [0.2, 0.25) is 5.91 Å². The normalized spacial score (nSPS) is 17.1. The summed E-state index contributed by atoms with van der Waals surface area (Å²) in [4.78, 5) is 32.6. The van der Waals surface area contributed by atoms with E-state index in [9.17, 15) is 14.0 Å². The lowest BCUT2D eigenvalue weighted by molar-refractivity contribution is -0.139. The number of rotatable bonds is 8. The lowest BCUT2D eigenvalue weighted by Gasteiger charge is -2.36. The van der Waals surface area contributed by atoms with Crippen LogP contribution in [-0.2, 0) is 20.9 Å².